The molecule has 2 N–H and O–H groups in total. The summed E-state index contributed by atoms with van der Waals surface area (Å²) in [6.45, 7) is -0.162. The Hall–Kier alpha value is -3.68. The van der Waals surface area contributed by atoms with E-state index in [1.54, 1.807) is 30.3 Å². The number of amides is 4. The van der Waals surface area contributed by atoms with Crippen LogP contribution in [0.15, 0.2) is 78.9 Å². The lowest BCUT2D eigenvalue weighted by Crippen LogP contribution is -2.57. The van der Waals surface area contributed by atoms with Crippen molar-refractivity contribution >= 4 is 46.8 Å². The summed E-state index contributed by atoms with van der Waals surface area (Å²) in [6, 6.07) is 23.2. The third-order valence-corrected chi connectivity index (χ3v) is 8.88. The summed E-state index contributed by atoms with van der Waals surface area (Å²) < 4.78 is 0. The fourth-order valence-electron chi connectivity index (χ4n) is 6.01. The second-order valence-corrected chi connectivity index (χ2v) is 10.6. The third-order valence-electron chi connectivity index (χ3n) is 7.59. The molecular formula is C28H21Cl2N3O4. The van der Waals surface area contributed by atoms with Gasteiger partial charge in [-0.3, -0.25) is 34.9 Å². The molecule has 0 aromatic heterocycles. The number of halogens is 2. The molecule has 3 aromatic rings. The first-order valence-corrected chi connectivity index (χ1v) is 12.6. The van der Waals surface area contributed by atoms with Crippen LogP contribution in [-0.4, -0.2) is 35.1 Å². The van der Waals surface area contributed by atoms with Crippen molar-refractivity contribution in [1.29, 1.82) is 0 Å². The summed E-state index contributed by atoms with van der Waals surface area (Å²) in [5, 5.41) is 0. The van der Waals surface area contributed by atoms with Crippen molar-refractivity contribution in [2.24, 2.45) is 11.8 Å². The number of hydrogen-bond acceptors (Lipinski definition) is 4. The van der Waals surface area contributed by atoms with Crippen LogP contribution in [0.1, 0.15) is 39.0 Å². The Balaban J connectivity index is 1.26. The van der Waals surface area contributed by atoms with Gasteiger partial charge in [0, 0.05) is 18.5 Å². The van der Waals surface area contributed by atoms with Gasteiger partial charge in [0.1, 0.15) is 9.75 Å². The lowest BCUT2D eigenvalue weighted by Gasteiger charge is -2.54. The number of imide groups is 1. The number of hydrogen-bond donors (Lipinski definition) is 2. The highest BCUT2D eigenvalue weighted by Crippen LogP contribution is 2.69. The van der Waals surface area contributed by atoms with E-state index in [-0.39, 0.29) is 13.0 Å². The van der Waals surface area contributed by atoms with Crippen LogP contribution in [0.25, 0.3) is 0 Å². The topological polar surface area (TPSA) is 95.6 Å². The van der Waals surface area contributed by atoms with Gasteiger partial charge in [-0.25, -0.2) is 0 Å². The van der Waals surface area contributed by atoms with Gasteiger partial charge in [-0.15, -0.1) is 23.2 Å². The molecule has 0 spiro atoms. The number of nitrogens with one attached hydrogen (secondary N) is 2. The summed E-state index contributed by atoms with van der Waals surface area (Å²) >= 11 is 14.7. The van der Waals surface area contributed by atoms with Gasteiger partial charge in [-0.2, -0.15) is 0 Å². The fourth-order valence-corrected chi connectivity index (χ4v) is 7.11. The Morgan fingerprint density at radius 1 is 0.703 bits per heavy atom. The molecule has 4 aliphatic rings. The zero-order valence-corrected chi connectivity index (χ0v) is 20.9. The van der Waals surface area contributed by atoms with Crippen molar-refractivity contribution in [2.75, 3.05) is 6.54 Å². The number of carbonyl (C=O) groups excluding carboxylic acids is 4. The largest absolute Gasteiger partial charge is 0.281 e. The predicted octanol–water partition coefficient (Wildman–Crippen LogP) is 3.43. The molecule has 2 atom stereocenters. The Morgan fingerprint density at radius 3 is 1.59 bits per heavy atom. The predicted molar refractivity (Wildman–Crippen MR) is 137 cm³/mol. The minimum atomic E-state index is -1.26. The van der Waals surface area contributed by atoms with Gasteiger partial charge in [0.25, 0.3) is 5.91 Å². The van der Waals surface area contributed by atoms with Crippen molar-refractivity contribution < 1.29 is 19.2 Å². The molecule has 0 unspecified atom stereocenters. The van der Waals surface area contributed by atoms with E-state index in [0.29, 0.717) is 5.56 Å². The molecule has 0 radical (unpaired) electrons. The Kier molecular flexibility index (Phi) is 5.40. The second-order valence-electron chi connectivity index (χ2n) is 9.42. The van der Waals surface area contributed by atoms with E-state index in [2.05, 4.69) is 10.9 Å². The van der Waals surface area contributed by atoms with E-state index < -0.39 is 45.2 Å². The van der Waals surface area contributed by atoms with Crippen molar-refractivity contribution in [2.45, 2.75) is 16.2 Å². The SMILES string of the molecule is O=C(CCN1C(=O)[C@H]2[C@H](C1=O)C1(Cl)c3ccccc3C2(Cl)c2ccccc21)NNC(=O)c1ccccc1. The van der Waals surface area contributed by atoms with E-state index in [1.807, 2.05) is 48.5 Å². The Morgan fingerprint density at radius 2 is 1.14 bits per heavy atom. The molecule has 1 heterocycles. The van der Waals surface area contributed by atoms with Gasteiger partial charge < -0.3 is 0 Å². The second kappa shape index (κ2) is 8.43. The highest BCUT2D eigenvalue weighted by atomic mass is 35.5. The smallest absolute Gasteiger partial charge is 0.269 e. The normalized spacial score (nSPS) is 26.8. The minimum absolute atomic E-state index is 0.162. The van der Waals surface area contributed by atoms with Crippen LogP contribution in [0.5, 0.6) is 0 Å². The third kappa shape index (κ3) is 3.20. The van der Waals surface area contributed by atoms with Crippen LogP contribution >= 0.6 is 23.2 Å². The number of carbonyl (C=O) groups is 4. The number of hydrazine groups is 1. The van der Waals surface area contributed by atoms with Gasteiger partial charge in [-0.05, 0) is 34.4 Å². The highest BCUT2D eigenvalue weighted by molar-refractivity contribution is 6.36. The molecule has 37 heavy (non-hydrogen) atoms. The quantitative estimate of drug-likeness (QED) is 0.305. The lowest BCUT2D eigenvalue weighted by atomic mass is 9.54. The Bertz CT molecular complexity index is 1350. The van der Waals surface area contributed by atoms with Crippen molar-refractivity contribution in [3.63, 3.8) is 0 Å². The van der Waals surface area contributed by atoms with Crippen molar-refractivity contribution in [3.05, 3.63) is 107 Å². The molecule has 1 saturated heterocycles. The molecule has 9 heteroatoms. The monoisotopic (exact) mass is 533 g/mol. The summed E-state index contributed by atoms with van der Waals surface area (Å²) in [5.74, 6) is -3.76. The van der Waals surface area contributed by atoms with Gasteiger partial charge >= 0.3 is 0 Å². The van der Waals surface area contributed by atoms with Crippen LogP contribution in [-0.2, 0) is 24.1 Å². The van der Waals surface area contributed by atoms with Crippen LogP contribution in [0.2, 0.25) is 0 Å². The molecule has 1 fully saturated rings. The van der Waals surface area contributed by atoms with Crippen LogP contribution in [0.3, 0.4) is 0 Å². The average molecular weight is 534 g/mol. The van der Waals surface area contributed by atoms with Gasteiger partial charge in [0.05, 0.1) is 11.8 Å². The van der Waals surface area contributed by atoms with Crippen molar-refractivity contribution in [3.8, 4) is 0 Å². The maximum absolute atomic E-state index is 13.7. The van der Waals surface area contributed by atoms with Gasteiger partial charge in [0.15, 0.2) is 0 Å². The summed E-state index contributed by atoms with van der Waals surface area (Å²) in [7, 11) is 0. The summed E-state index contributed by atoms with van der Waals surface area (Å²) in [4.78, 5) is 50.7. The fraction of sp³-hybridized carbons (Fsp3) is 0.214. The summed E-state index contributed by atoms with van der Waals surface area (Å²) in [5.41, 5.74) is 7.92. The van der Waals surface area contributed by atoms with E-state index in [4.69, 9.17) is 23.2 Å². The maximum atomic E-state index is 13.7. The molecule has 0 saturated carbocycles. The van der Waals surface area contributed by atoms with E-state index in [9.17, 15) is 19.2 Å². The molecule has 1 aliphatic heterocycles. The molecule has 2 bridgehead atoms. The number of nitrogens with zero attached hydrogens (tertiary/aromatic N) is 1. The van der Waals surface area contributed by atoms with Crippen LogP contribution < -0.4 is 10.9 Å². The lowest BCUT2D eigenvalue weighted by molar-refractivity contribution is -0.140. The minimum Gasteiger partial charge on any atom is -0.281 e. The molecule has 3 aromatic carbocycles. The molecule has 3 aliphatic carbocycles. The maximum Gasteiger partial charge on any atom is 0.269 e. The van der Waals surface area contributed by atoms with Gasteiger partial charge in [-0.1, -0.05) is 66.7 Å². The summed E-state index contributed by atoms with van der Waals surface area (Å²) in [6.07, 6.45) is -0.198. The zero-order valence-electron chi connectivity index (χ0n) is 19.4. The number of likely N-dealkylation sites (tertiary alicyclic amines) is 1. The van der Waals surface area contributed by atoms with E-state index in [1.165, 1.54) is 0 Å². The first kappa shape index (κ1) is 23.7. The first-order chi connectivity index (χ1) is 17.8. The number of rotatable bonds is 4. The standard InChI is InChI=1S/C28H21Cl2N3O4/c29-27-17-10-4-5-11-18(17)28(30,20-13-7-6-12-19(20)27)23-22(27)25(36)33(26(23)37)15-14-21(34)31-32-24(35)16-8-2-1-3-9-16/h1-13,22-23H,14-15H2,(H,31,34)(H,32,35)/t22-,23-,27?,28?/m1/s1. The Labute approximate surface area is 222 Å². The molecule has 7 rings (SSSR count). The molecular weight excluding hydrogens is 513 g/mol. The van der Waals surface area contributed by atoms with Crippen molar-refractivity contribution in [1.82, 2.24) is 15.8 Å². The van der Waals surface area contributed by atoms with Crippen LogP contribution in [0, 0.1) is 11.8 Å². The number of alkyl halides is 2. The van der Waals surface area contributed by atoms with E-state index >= 15 is 0 Å². The molecule has 4 amide bonds. The van der Waals surface area contributed by atoms with E-state index in [0.717, 1.165) is 27.2 Å². The average Bonchev–Trinajstić information content (AvgIpc) is 3.19. The van der Waals surface area contributed by atoms with Gasteiger partial charge in [0.2, 0.25) is 17.7 Å². The molecule has 186 valence electrons. The zero-order chi connectivity index (χ0) is 25.9. The molecule has 7 nitrogen and oxygen atoms in total. The highest BCUT2D eigenvalue weighted by Gasteiger charge is 2.72. The number of benzene rings is 3. The van der Waals surface area contributed by atoms with Crippen LogP contribution in [0.4, 0.5) is 0 Å². The first-order valence-electron chi connectivity index (χ1n) is 11.9.